The van der Waals surface area contributed by atoms with E-state index in [1.165, 1.54) is 12.0 Å². The number of carbonyl (C=O) groups is 1. The number of carbonyl (C=O) groups excluding carboxylic acids is 1. The second-order valence-corrected chi connectivity index (χ2v) is 5.58. The Hall–Kier alpha value is -1.43. The first-order chi connectivity index (χ1) is 9.83. The van der Waals surface area contributed by atoms with Crippen LogP contribution in [-0.4, -0.2) is 31.1 Å². The van der Waals surface area contributed by atoms with Gasteiger partial charge in [0.05, 0.1) is 0 Å². The number of benzene rings is 1. The Bertz CT molecular complexity index is 444. The van der Waals surface area contributed by atoms with Crippen LogP contribution in [0.25, 0.3) is 0 Å². The van der Waals surface area contributed by atoms with Crippen molar-refractivity contribution < 1.29 is 4.79 Å². The van der Waals surface area contributed by atoms with Crippen LogP contribution >= 0.6 is 0 Å². The van der Waals surface area contributed by atoms with Gasteiger partial charge in [-0.3, -0.25) is 4.79 Å². The van der Waals surface area contributed by atoms with E-state index >= 15 is 0 Å². The molecule has 2 aliphatic rings. The molecule has 3 rings (SSSR count). The van der Waals surface area contributed by atoms with Gasteiger partial charge in [0.15, 0.2) is 0 Å². The van der Waals surface area contributed by atoms with Gasteiger partial charge in [0.2, 0.25) is 5.91 Å². The molecule has 0 aliphatic carbocycles. The smallest absolute Gasteiger partial charge is 0.238 e. The quantitative estimate of drug-likeness (QED) is 0.644. The normalized spacial score (nSPS) is 29.5. The highest BCUT2D eigenvalue weighted by Gasteiger charge is 2.30. The fourth-order valence-corrected chi connectivity index (χ4v) is 2.91. The fourth-order valence-electron chi connectivity index (χ4n) is 2.91. The molecule has 1 aromatic carbocycles. The summed E-state index contributed by atoms with van der Waals surface area (Å²) in [5.74, 6) is 0.0876. The number of hydrazine groups is 1. The second-order valence-electron chi connectivity index (χ2n) is 5.58. The molecule has 108 valence electrons. The summed E-state index contributed by atoms with van der Waals surface area (Å²) in [5, 5.41) is 6.42. The Morgan fingerprint density at radius 3 is 2.85 bits per heavy atom. The van der Waals surface area contributed by atoms with Crippen molar-refractivity contribution in [1.82, 2.24) is 21.5 Å². The van der Waals surface area contributed by atoms with E-state index in [0.29, 0.717) is 6.04 Å². The van der Waals surface area contributed by atoms with E-state index in [1.54, 1.807) is 0 Å². The molecule has 2 saturated heterocycles. The van der Waals surface area contributed by atoms with Crippen molar-refractivity contribution in [3.05, 3.63) is 35.9 Å². The van der Waals surface area contributed by atoms with E-state index in [-0.39, 0.29) is 18.0 Å². The molecule has 0 spiro atoms. The van der Waals surface area contributed by atoms with Gasteiger partial charge in [-0.1, -0.05) is 30.3 Å². The van der Waals surface area contributed by atoms with Gasteiger partial charge in [-0.2, -0.15) is 0 Å². The molecule has 1 aromatic rings. The van der Waals surface area contributed by atoms with Crippen molar-refractivity contribution in [3.63, 3.8) is 0 Å². The maximum atomic E-state index is 12.1. The summed E-state index contributed by atoms with van der Waals surface area (Å²) >= 11 is 0. The molecular formula is C15H22N4O. The van der Waals surface area contributed by atoms with Crippen LogP contribution in [0.1, 0.15) is 30.9 Å². The molecule has 20 heavy (non-hydrogen) atoms. The van der Waals surface area contributed by atoms with Crippen LogP contribution in [0.15, 0.2) is 30.3 Å². The first-order valence-electron chi connectivity index (χ1n) is 7.40. The molecule has 3 unspecified atom stereocenters. The van der Waals surface area contributed by atoms with E-state index < -0.39 is 0 Å². The van der Waals surface area contributed by atoms with Crippen LogP contribution in [0.3, 0.4) is 0 Å². The Morgan fingerprint density at radius 2 is 2.10 bits per heavy atom. The highest BCUT2D eigenvalue weighted by molar-refractivity contribution is 5.82. The van der Waals surface area contributed by atoms with Gasteiger partial charge < -0.3 is 10.6 Å². The van der Waals surface area contributed by atoms with Crippen molar-refractivity contribution in [2.45, 2.75) is 37.4 Å². The van der Waals surface area contributed by atoms with Crippen LogP contribution in [0, 0.1) is 0 Å². The van der Waals surface area contributed by atoms with Crippen LogP contribution in [0.4, 0.5) is 0 Å². The molecule has 0 saturated carbocycles. The fraction of sp³-hybridized carbons (Fsp3) is 0.533. The Labute approximate surface area is 119 Å². The molecule has 0 bridgehead atoms. The van der Waals surface area contributed by atoms with Crippen LogP contribution < -0.4 is 21.5 Å². The third kappa shape index (κ3) is 3.17. The summed E-state index contributed by atoms with van der Waals surface area (Å²) in [6, 6.07) is 10.7. The summed E-state index contributed by atoms with van der Waals surface area (Å²) in [7, 11) is 0. The van der Waals surface area contributed by atoms with E-state index in [0.717, 1.165) is 25.9 Å². The minimum Gasteiger partial charge on any atom is -0.353 e. The standard InChI is InChI=1S/C15H22N4O/c20-15(17-10-12-7-4-8-16-12)14-9-13(18-19-14)11-5-2-1-3-6-11/h1-3,5-6,12-14,16,18-19H,4,7-10H2,(H,17,20). The molecule has 2 aliphatic heterocycles. The third-order valence-electron chi connectivity index (χ3n) is 4.11. The maximum absolute atomic E-state index is 12.1. The Morgan fingerprint density at radius 1 is 1.25 bits per heavy atom. The zero-order valence-electron chi connectivity index (χ0n) is 11.6. The molecule has 0 aromatic heterocycles. The average Bonchev–Trinajstić information content (AvgIpc) is 3.17. The zero-order valence-corrected chi connectivity index (χ0v) is 11.6. The number of hydrogen-bond acceptors (Lipinski definition) is 4. The molecular weight excluding hydrogens is 252 g/mol. The van der Waals surface area contributed by atoms with Gasteiger partial charge in [-0.25, -0.2) is 10.9 Å². The van der Waals surface area contributed by atoms with Gasteiger partial charge in [0, 0.05) is 18.6 Å². The van der Waals surface area contributed by atoms with Crippen molar-refractivity contribution in [1.29, 1.82) is 0 Å². The Balaban J connectivity index is 1.48. The summed E-state index contributed by atoms with van der Waals surface area (Å²) in [6.45, 7) is 1.80. The van der Waals surface area contributed by atoms with Gasteiger partial charge in [-0.15, -0.1) is 0 Å². The predicted molar refractivity (Wildman–Crippen MR) is 77.9 cm³/mol. The molecule has 3 atom stereocenters. The van der Waals surface area contributed by atoms with E-state index in [2.05, 4.69) is 33.6 Å². The number of amides is 1. The lowest BCUT2D eigenvalue weighted by Crippen LogP contribution is -2.46. The van der Waals surface area contributed by atoms with Gasteiger partial charge in [0.25, 0.3) is 0 Å². The topological polar surface area (TPSA) is 65.2 Å². The van der Waals surface area contributed by atoms with Gasteiger partial charge in [-0.05, 0) is 31.4 Å². The Kier molecular flexibility index (Phi) is 4.30. The third-order valence-corrected chi connectivity index (χ3v) is 4.11. The molecule has 5 heteroatoms. The van der Waals surface area contributed by atoms with Gasteiger partial charge >= 0.3 is 0 Å². The minimum absolute atomic E-state index is 0.0876. The monoisotopic (exact) mass is 274 g/mol. The highest BCUT2D eigenvalue weighted by Crippen LogP contribution is 2.21. The highest BCUT2D eigenvalue weighted by atomic mass is 16.2. The second kappa shape index (κ2) is 6.35. The van der Waals surface area contributed by atoms with Crippen molar-refractivity contribution in [3.8, 4) is 0 Å². The minimum atomic E-state index is -0.151. The molecule has 5 nitrogen and oxygen atoms in total. The zero-order chi connectivity index (χ0) is 13.8. The van der Waals surface area contributed by atoms with Crippen molar-refractivity contribution in [2.75, 3.05) is 13.1 Å². The first kappa shape index (κ1) is 13.5. The average molecular weight is 274 g/mol. The lowest BCUT2D eigenvalue weighted by atomic mass is 10.0. The van der Waals surface area contributed by atoms with Gasteiger partial charge in [0.1, 0.15) is 6.04 Å². The predicted octanol–water partition coefficient (Wildman–Crippen LogP) is 0.462. The summed E-state index contributed by atoms with van der Waals surface area (Å²) < 4.78 is 0. The molecule has 2 heterocycles. The molecule has 1 amide bonds. The van der Waals surface area contributed by atoms with Crippen molar-refractivity contribution >= 4 is 5.91 Å². The SMILES string of the molecule is O=C(NCC1CCCN1)C1CC(c2ccccc2)NN1. The summed E-state index contributed by atoms with van der Waals surface area (Å²) in [6.07, 6.45) is 3.15. The van der Waals surface area contributed by atoms with E-state index in [9.17, 15) is 4.79 Å². The summed E-state index contributed by atoms with van der Waals surface area (Å²) in [5.41, 5.74) is 7.52. The number of hydrogen-bond donors (Lipinski definition) is 4. The molecule has 2 fully saturated rings. The number of nitrogens with one attached hydrogen (secondary N) is 4. The summed E-state index contributed by atoms with van der Waals surface area (Å²) in [4.78, 5) is 12.1. The first-order valence-corrected chi connectivity index (χ1v) is 7.40. The van der Waals surface area contributed by atoms with Crippen LogP contribution in [0.2, 0.25) is 0 Å². The lowest BCUT2D eigenvalue weighted by molar-refractivity contribution is -0.122. The maximum Gasteiger partial charge on any atom is 0.238 e. The molecule has 4 N–H and O–H groups in total. The van der Waals surface area contributed by atoms with Crippen molar-refractivity contribution in [2.24, 2.45) is 0 Å². The van der Waals surface area contributed by atoms with Crippen LogP contribution in [0.5, 0.6) is 0 Å². The van der Waals surface area contributed by atoms with E-state index in [1.807, 2.05) is 18.2 Å². The molecule has 0 radical (unpaired) electrons. The largest absolute Gasteiger partial charge is 0.353 e. The van der Waals surface area contributed by atoms with E-state index in [4.69, 9.17) is 0 Å². The van der Waals surface area contributed by atoms with Crippen LogP contribution in [-0.2, 0) is 4.79 Å². The lowest BCUT2D eigenvalue weighted by Gasteiger charge is -2.14. The number of rotatable bonds is 4.